The van der Waals surface area contributed by atoms with E-state index >= 15 is 0 Å². The first-order valence-electron chi connectivity index (χ1n) is 5.38. The Balaban J connectivity index is 2.45. The van der Waals surface area contributed by atoms with Crippen molar-refractivity contribution in [1.29, 1.82) is 0 Å². The molecule has 1 rings (SSSR count). The molecule has 2 N–H and O–H groups in total. The molecule has 1 aliphatic carbocycles. The maximum Gasteiger partial charge on any atom is 0.136 e. The normalized spacial score (nSPS) is 28.3. The number of rotatable bonds is 4. The third-order valence-electron chi connectivity index (χ3n) is 2.98. The molecule has 0 aromatic heterocycles. The molecule has 2 unspecified atom stereocenters. The predicted octanol–water partition coefficient (Wildman–Crippen LogP) is 1.98. The van der Waals surface area contributed by atoms with Crippen LogP contribution in [0.2, 0.25) is 0 Å². The van der Waals surface area contributed by atoms with E-state index in [2.05, 4.69) is 13.8 Å². The third-order valence-corrected chi connectivity index (χ3v) is 2.98. The highest BCUT2D eigenvalue weighted by atomic mass is 16.1. The molecular weight excluding hydrogens is 162 g/mol. The third kappa shape index (κ3) is 2.80. The van der Waals surface area contributed by atoms with E-state index in [1.807, 2.05) is 0 Å². The highest BCUT2D eigenvalue weighted by Gasteiger charge is 2.31. The van der Waals surface area contributed by atoms with Crippen LogP contribution in [-0.4, -0.2) is 12.3 Å². The standard InChI is InChI=1S/C11H21NO/c1-8(2)6-11(13)10-5-3-4-9(10)7-12/h8-10H,3-7,12H2,1-2H3. The lowest BCUT2D eigenvalue weighted by Gasteiger charge is -2.17. The molecule has 1 aliphatic rings. The van der Waals surface area contributed by atoms with E-state index < -0.39 is 0 Å². The molecule has 76 valence electrons. The summed E-state index contributed by atoms with van der Waals surface area (Å²) < 4.78 is 0. The van der Waals surface area contributed by atoms with Gasteiger partial charge in [0.25, 0.3) is 0 Å². The zero-order chi connectivity index (χ0) is 9.84. The van der Waals surface area contributed by atoms with Gasteiger partial charge >= 0.3 is 0 Å². The lowest BCUT2D eigenvalue weighted by molar-refractivity contribution is -0.124. The van der Waals surface area contributed by atoms with Crippen molar-refractivity contribution in [1.82, 2.24) is 0 Å². The minimum Gasteiger partial charge on any atom is -0.330 e. The summed E-state index contributed by atoms with van der Waals surface area (Å²) in [7, 11) is 0. The SMILES string of the molecule is CC(C)CC(=O)C1CCCC1CN. The summed E-state index contributed by atoms with van der Waals surface area (Å²) in [4.78, 5) is 11.8. The molecule has 0 saturated heterocycles. The molecule has 0 aliphatic heterocycles. The molecule has 0 heterocycles. The number of nitrogens with two attached hydrogens (primary N) is 1. The van der Waals surface area contributed by atoms with E-state index in [1.165, 1.54) is 6.42 Å². The van der Waals surface area contributed by atoms with Gasteiger partial charge in [-0.3, -0.25) is 4.79 Å². The first-order valence-corrected chi connectivity index (χ1v) is 5.38. The fourth-order valence-electron chi connectivity index (χ4n) is 2.30. The minimum atomic E-state index is 0.285. The highest BCUT2D eigenvalue weighted by Crippen LogP contribution is 2.32. The van der Waals surface area contributed by atoms with Gasteiger partial charge in [0.05, 0.1) is 0 Å². The monoisotopic (exact) mass is 183 g/mol. The lowest BCUT2D eigenvalue weighted by atomic mass is 9.88. The molecule has 2 nitrogen and oxygen atoms in total. The molecule has 0 aromatic carbocycles. The number of carbonyl (C=O) groups is 1. The Kier molecular flexibility index (Phi) is 3.91. The van der Waals surface area contributed by atoms with Crippen molar-refractivity contribution < 1.29 is 4.79 Å². The van der Waals surface area contributed by atoms with Gasteiger partial charge in [-0.2, -0.15) is 0 Å². The summed E-state index contributed by atoms with van der Waals surface area (Å²) in [5, 5.41) is 0. The van der Waals surface area contributed by atoms with Gasteiger partial charge in [-0.15, -0.1) is 0 Å². The molecule has 2 atom stereocenters. The van der Waals surface area contributed by atoms with Gasteiger partial charge in [0.1, 0.15) is 5.78 Å². The van der Waals surface area contributed by atoms with Crippen LogP contribution >= 0.6 is 0 Å². The van der Waals surface area contributed by atoms with E-state index in [9.17, 15) is 4.79 Å². The average Bonchev–Trinajstić information content (AvgIpc) is 2.49. The molecule has 0 radical (unpaired) electrons. The summed E-state index contributed by atoms with van der Waals surface area (Å²) in [5.41, 5.74) is 5.64. The average molecular weight is 183 g/mol. The molecular formula is C11H21NO. The van der Waals surface area contributed by atoms with Crippen molar-refractivity contribution in [3.05, 3.63) is 0 Å². The van der Waals surface area contributed by atoms with Gasteiger partial charge in [0.2, 0.25) is 0 Å². The van der Waals surface area contributed by atoms with E-state index in [0.29, 0.717) is 24.2 Å². The van der Waals surface area contributed by atoms with Crippen LogP contribution in [0.4, 0.5) is 0 Å². The number of hydrogen-bond acceptors (Lipinski definition) is 2. The second kappa shape index (κ2) is 4.75. The first-order chi connectivity index (χ1) is 6.15. The van der Waals surface area contributed by atoms with Gasteiger partial charge < -0.3 is 5.73 Å². The van der Waals surface area contributed by atoms with Crippen LogP contribution in [0.15, 0.2) is 0 Å². The van der Waals surface area contributed by atoms with E-state index in [1.54, 1.807) is 0 Å². The Morgan fingerprint density at radius 3 is 2.69 bits per heavy atom. The first kappa shape index (κ1) is 10.7. The molecule has 0 aromatic rings. The van der Waals surface area contributed by atoms with Crippen LogP contribution in [0.25, 0.3) is 0 Å². The van der Waals surface area contributed by atoms with Crippen LogP contribution in [0.5, 0.6) is 0 Å². The molecule has 0 amide bonds. The smallest absolute Gasteiger partial charge is 0.136 e. The summed E-state index contributed by atoms with van der Waals surface area (Å²) in [6.07, 6.45) is 4.16. The van der Waals surface area contributed by atoms with Crippen molar-refractivity contribution in [2.75, 3.05) is 6.54 Å². The maximum atomic E-state index is 11.8. The Hall–Kier alpha value is -0.370. The molecule has 2 heteroatoms. The van der Waals surface area contributed by atoms with Crippen molar-refractivity contribution in [3.8, 4) is 0 Å². The second-order valence-electron chi connectivity index (χ2n) is 4.60. The van der Waals surface area contributed by atoms with Crippen LogP contribution in [0, 0.1) is 17.8 Å². The number of ketones is 1. The summed E-state index contributed by atoms with van der Waals surface area (Å²) in [6, 6.07) is 0. The fraction of sp³-hybridized carbons (Fsp3) is 0.909. The second-order valence-corrected chi connectivity index (χ2v) is 4.60. The Morgan fingerprint density at radius 1 is 1.46 bits per heavy atom. The fourth-order valence-corrected chi connectivity index (χ4v) is 2.30. The summed E-state index contributed by atoms with van der Waals surface area (Å²) >= 11 is 0. The Morgan fingerprint density at radius 2 is 2.15 bits per heavy atom. The van der Waals surface area contributed by atoms with Gasteiger partial charge in [0.15, 0.2) is 0 Å². The van der Waals surface area contributed by atoms with Crippen molar-refractivity contribution in [3.63, 3.8) is 0 Å². The quantitative estimate of drug-likeness (QED) is 0.724. The van der Waals surface area contributed by atoms with Crippen LogP contribution in [0.3, 0.4) is 0 Å². The molecule has 0 spiro atoms. The van der Waals surface area contributed by atoms with Gasteiger partial charge in [-0.25, -0.2) is 0 Å². The number of carbonyl (C=O) groups excluding carboxylic acids is 1. The summed E-state index contributed by atoms with van der Waals surface area (Å²) in [6.45, 7) is 4.89. The van der Waals surface area contributed by atoms with E-state index in [0.717, 1.165) is 19.3 Å². The largest absolute Gasteiger partial charge is 0.330 e. The molecule has 1 fully saturated rings. The van der Waals surface area contributed by atoms with Crippen molar-refractivity contribution in [2.45, 2.75) is 39.5 Å². The van der Waals surface area contributed by atoms with E-state index in [4.69, 9.17) is 5.73 Å². The highest BCUT2D eigenvalue weighted by molar-refractivity contribution is 5.81. The molecule has 1 saturated carbocycles. The number of Topliss-reactive ketones (excluding diaryl/α,β-unsaturated/α-hetero) is 1. The number of hydrogen-bond donors (Lipinski definition) is 1. The lowest BCUT2D eigenvalue weighted by Crippen LogP contribution is -2.25. The van der Waals surface area contributed by atoms with Crippen LogP contribution in [0.1, 0.15) is 39.5 Å². The van der Waals surface area contributed by atoms with Crippen molar-refractivity contribution >= 4 is 5.78 Å². The maximum absolute atomic E-state index is 11.8. The van der Waals surface area contributed by atoms with Crippen LogP contribution < -0.4 is 5.73 Å². The van der Waals surface area contributed by atoms with Gasteiger partial charge in [-0.05, 0) is 31.2 Å². The zero-order valence-electron chi connectivity index (χ0n) is 8.75. The zero-order valence-corrected chi connectivity index (χ0v) is 8.75. The Labute approximate surface area is 80.9 Å². The van der Waals surface area contributed by atoms with Gasteiger partial charge in [-0.1, -0.05) is 20.3 Å². The Bertz CT molecular complexity index is 177. The van der Waals surface area contributed by atoms with Crippen molar-refractivity contribution in [2.24, 2.45) is 23.5 Å². The topological polar surface area (TPSA) is 43.1 Å². The minimum absolute atomic E-state index is 0.285. The van der Waals surface area contributed by atoms with E-state index in [-0.39, 0.29) is 5.92 Å². The summed E-state index contributed by atoms with van der Waals surface area (Å²) in [5.74, 6) is 1.70. The predicted molar refractivity (Wildman–Crippen MR) is 54.3 cm³/mol. The molecule has 13 heavy (non-hydrogen) atoms. The molecule has 0 bridgehead atoms. The van der Waals surface area contributed by atoms with Crippen LogP contribution in [-0.2, 0) is 4.79 Å². The van der Waals surface area contributed by atoms with Gasteiger partial charge in [0, 0.05) is 12.3 Å².